The number of anilines is 1. The molecule has 1 N–H and O–H groups in total. The highest BCUT2D eigenvalue weighted by molar-refractivity contribution is 5.73. The molecule has 0 atom stereocenters. The second-order valence-electron chi connectivity index (χ2n) is 6.70. The van der Waals surface area contributed by atoms with Gasteiger partial charge in [0, 0.05) is 32.2 Å². The molecule has 1 heterocycles. The van der Waals surface area contributed by atoms with Gasteiger partial charge in [0.2, 0.25) is 0 Å². The van der Waals surface area contributed by atoms with Gasteiger partial charge in [-0.3, -0.25) is 4.79 Å². The summed E-state index contributed by atoms with van der Waals surface area (Å²) < 4.78 is 27.9. The highest BCUT2D eigenvalue weighted by Crippen LogP contribution is 2.25. The number of carboxylic acid groups (broad SMARTS) is 1. The van der Waals surface area contributed by atoms with E-state index in [9.17, 15) is 18.7 Å². The lowest BCUT2D eigenvalue weighted by molar-refractivity contribution is -0.147. The van der Waals surface area contributed by atoms with Gasteiger partial charge < -0.3 is 14.9 Å². The van der Waals surface area contributed by atoms with Gasteiger partial charge in [0.15, 0.2) is 0 Å². The van der Waals surface area contributed by atoms with Crippen LogP contribution in [0.4, 0.5) is 14.5 Å². The first-order chi connectivity index (χ1) is 11.2. The average molecular weight is 337 g/mol. The van der Waals surface area contributed by atoms with E-state index in [1.165, 1.54) is 0 Å². The molecule has 0 amide bonds. The van der Waals surface area contributed by atoms with Crippen molar-refractivity contribution in [2.75, 3.05) is 37.6 Å². The molecular formula is C17H21F2N3O2. The zero-order chi connectivity index (χ0) is 17.9. The molecular weight excluding hydrogens is 316 g/mol. The standard InChI is InChI=1S/C17H21F2N3O2/c1-17(2,16(23)24)11-21-4-3-5-22(7-6-21)15-9-13(18)12(10-20)8-14(15)19/h8-9H,3-7,11H2,1-2H3,(H,23,24). The van der Waals surface area contributed by atoms with Gasteiger partial charge >= 0.3 is 5.97 Å². The minimum Gasteiger partial charge on any atom is -0.481 e. The molecule has 0 saturated carbocycles. The summed E-state index contributed by atoms with van der Waals surface area (Å²) in [5, 5.41) is 18.0. The molecule has 130 valence electrons. The molecule has 1 aromatic rings. The summed E-state index contributed by atoms with van der Waals surface area (Å²) in [4.78, 5) is 15.0. The molecule has 1 aliphatic heterocycles. The summed E-state index contributed by atoms with van der Waals surface area (Å²) in [5.41, 5.74) is -1.03. The monoisotopic (exact) mass is 337 g/mol. The van der Waals surface area contributed by atoms with Crippen molar-refractivity contribution in [3.05, 3.63) is 29.3 Å². The molecule has 0 unspecified atom stereocenters. The number of hydrogen-bond donors (Lipinski definition) is 1. The first kappa shape index (κ1) is 18.1. The minimum absolute atomic E-state index is 0.144. The van der Waals surface area contributed by atoms with E-state index in [0.29, 0.717) is 32.7 Å². The number of nitriles is 1. The van der Waals surface area contributed by atoms with Gasteiger partial charge in [0.25, 0.3) is 0 Å². The SMILES string of the molecule is CC(C)(CN1CCCN(c2cc(F)c(C#N)cc2F)CC1)C(=O)O. The summed E-state index contributed by atoms with van der Waals surface area (Å²) in [6.45, 7) is 6.04. The van der Waals surface area contributed by atoms with Crippen LogP contribution in [0.15, 0.2) is 12.1 Å². The van der Waals surface area contributed by atoms with Crippen molar-refractivity contribution < 1.29 is 18.7 Å². The fourth-order valence-corrected chi connectivity index (χ4v) is 2.86. The number of carboxylic acids is 1. The largest absolute Gasteiger partial charge is 0.481 e. The lowest BCUT2D eigenvalue weighted by Gasteiger charge is -2.29. The van der Waals surface area contributed by atoms with Crippen LogP contribution in [-0.4, -0.2) is 48.7 Å². The summed E-state index contributed by atoms with van der Waals surface area (Å²) in [6.07, 6.45) is 0.719. The summed E-state index contributed by atoms with van der Waals surface area (Å²) >= 11 is 0. The lowest BCUT2D eigenvalue weighted by Crippen LogP contribution is -2.41. The number of aliphatic carboxylic acids is 1. The Hall–Kier alpha value is -2.20. The Kier molecular flexibility index (Phi) is 5.40. The Labute approximate surface area is 140 Å². The van der Waals surface area contributed by atoms with E-state index in [-0.39, 0.29) is 11.3 Å². The van der Waals surface area contributed by atoms with Crippen molar-refractivity contribution in [2.45, 2.75) is 20.3 Å². The third-order valence-corrected chi connectivity index (χ3v) is 4.28. The normalized spacial score (nSPS) is 16.5. The number of nitrogens with zero attached hydrogens (tertiary/aromatic N) is 3. The van der Waals surface area contributed by atoms with Crippen molar-refractivity contribution in [2.24, 2.45) is 5.41 Å². The first-order valence-electron chi connectivity index (χ1n) is 7.84. The van der Waals surface area contributed by atoms with Crippen LogP contribution in [0, 0.1) is 28.4 Å². The average Bonchev–Trinajstić information content (AvgIpc) is 2.74. The van der Waals surface area contributed by atoms with E-state index in [2.05, 4.69) is 0 Å². The van der Waals surface area contributed by atoms with Gasteiger partial charge in [-0.2, -0.15) is 5.26 Å². The van der Waals surface area contributed by atoms with E-state index < -0.39 is 23.0 Å². The zero-order valence-corrected chi connectivity index (χ0v) is 13.9. The topological polar surface area (TPSA) is 67.6 Å². The molecule has 0 radical (unpaired) electrons. The second-order valence-corrected chi connectivity index (χ2v) is 6.70. The lowest BCUT2D eigenvalue weighted by atomic mass is 9.93. The quantitative estimate of drug-likeness (QED) is 0.914. The molecule has 2 rings (SSSR count). The van der Waals surface area contributed by atoms with Crippen LogP contribution in [-0.2, 0) is 4.79 Å². The number of benzene rings is 1. The number of rotatable bonds is 4. The second kappa shape index (κ2) is 7.14. The van der Waals surface area contributed by atoms with Crippen LogP contribution in [0.2, 0.25) is 0 Å². The van der Waals surface area contributed by atoms with Crippen molar-refractivity contribution in [1.82, 2.24) is 4.90 Å². The maximum absolute atomic E-state index is 14.2. The molecule has 5 nitrogen and oxygen atoms in total. The molecule has 1 aliphatic rings. The maximum atomic E-state index is 14.2. The van der Waals surface area contributed by atoms with Crippen LogP contribution in [0.5, 0.6) is 0 Å². The highest BCUT2D eigenvalue weighted by Gasteiger charge is 2.30. The van der Waals surface area contributed by atoms with E-state index in [4.69, 9.17) is 5.26 Å². The summed E-state index contributed by atoms with van der Waals surface area (Å²) in [5.74, 6) is -2.21. The highest BCUT2D eigenvalue weighted by atomic mass is 19.1. The van der Waals surface area contributed by atoms with Crippen molar-refractivity contribution >= 4 is 11.7 Å². The van der Waals surface area contributed by atoms with Gasteiger partial charge in [0.1, 0.15) is 17.7 Å². The molecule has 1 saturated heterocycles. The Balaban J connectivity index is 2.10. The third kappa shape index (κ3) is 4.01. The van der Waals surface area contributed by atoms with Gasteiger partial charge in [-0.1, -0.05) is 0 Å². The van der Waals surface area contributed by atoms with Crippen molar-refractivity contribution in [3.8, 4) is 6.07 Å². The molecule has 0 aliphatic carbocycles. The number of halogens is 2. The Morgan fingerprint density at radius 3 is 2.58 bits per heavy atom. The molecule has 1 aromatic carbocycles. The predicted octanol–water partition coefficient (Wildman–Crippen LogP) is 2.46. The first-order valence-corrected chi connectivity index (χ1v) is 7.84. The van der Waals surface area contributed by atoms with Crippen LogP contribution < -0.4 is 4.90 Å². The fraction of sp³-hybridized carbons (Fsp3) is 0.529. The van der Waals surface area contributed by atoms with E-state index in [1.807, 2.05) is 4.90 Å². The molecule has 0 bridgehead atoms. The molecule has 0 aromatic heterocycles. The van der Waals surface area contributed by atoms with Gasteiger partial charge in [-0.15, -0.1) is 0 Å². The molecule has 0 spiro atoms. The van der Waals surface area contributed by atoms with Crippen LogP contribution >= 0.6 is 0 Å². The molecule has 24 heavy (non-hydrogen) atoms. The summed E-state index contributed by atoms with van der Waals surface area (Å²) in [6, 6.07) is 3.60. The third-order valence-electron chi connectivity index (χ3n) is 4.28. The van der Waals surface area contributed by atoms with E-state index in [0.717, 1.165) is 18.6 Å². The van der Waals surface area contributed by atoms with Crippen LogP contribution in [0.25, 0.3) is 0 Å². The number of hydrogen-bond acceptors (Lipinski definition) is 4. The maximum Gasteiger partial charge on any atom is 0.310 e. The molecule has 1 fully saturated rings. The Morgan fingerprint density at radius 2 is 1.96 bits per heavy atom. The smallest absolute Gasteiger partial charge is 0.310 e. The van der Waals surface area contributed by atoms with E-state index in [1.54, 1.807) is 24.8 Å². The van der Waals surface area contributed by atoms with Crippen molar-refractivity contribution in [3.63, 3.8) is 0 Å². The number of carbonyl (C=O) groups is 1. The van der Waals surface area contributed by atoms with Gasteiger partial charge in [-0.05, 0) is 32.9 Å². The van der Waals surface area contributed by atoms with Gasteiger partial charge in [-0.25, -0.2) is 8.78 Å². The van der Waals surface area contributed by atoms with Crippen molar-refractivity contribution in [1.29, 1.82) is 5.26 Å². The molecule has 7 heteroatoms. The zero-order valence-electron chi connectivity index (χ0n) is 13.9. The van der Waals surface area contributed by atoms with Gasteiger partial charge in [0.05, 0.1) is 16.7 Å². The van der Waals surface area contributed by atoms with Crippen LogP contribution in [0.3, 0.4) is 0 Å². The van der Waals surface area contributed by atoms with E-state index >= 15 is 0 Å². The fourth-order valence-electron chi connectivity index (χ4n) is 2.86. The minimum atomic E-state index is -0.860. The van der Waals surface area contributed by atoms with Crippen LogP contribution in [0.1, 0.15) is 25.8 Å². The summed E-state index contributed by atoms with van der Waals surface area (Å²) in [7, 11) is 0. The predicted molar refractivity (Wildman–Crippen MR) is 85.8 cm³/mol. The Morgan fingerprint density at radius 1 is 1.25 bits per heavy atom. The Bertz CT molecular complexity index is 671.